The van der Waals surface area contributed by atoms with Crippen molar-refractivity contribution in [1.82, 2.24) is 9.80 Å². The van der Waals surface area contributed by atoms with Crippen molar-refractivity contribution in [1.29, 1.82) is 0 Å². The highest BCUT2D eigenvalue weighted by molar-refractivity contribution is 9.10. The van der Waals surface area contributed by atoms with Crippen LogP contribution in [0.3, 0.4) is 0 Å². The Morgan fingerprint density at radius 2 is 1.88 bits per heavy atom. The van der Waals surface area contributed by atoms with Gasteiger partial charge in [-0.25, -0.2) is 4.99 Å². The molecule has 5 heteroatoms. The Kier molecular flexibility index (Phi) is 5.61. The van der Waals surface area contributed by atoms with Crippen molar-refractivity contribution in [3.63, 3.8) is 0 Å². The Morgan fingerprint density at radius 1 is 1.17 bits per heavy atom. The summed E-state index contributed by atoms with van der Waals surface area (Å²) in [5, 5.41) is 0. The van der Waals surface area contributed by atoms with Gasteiger partial charge >= 0.3 is 0 Å². The highest BCUT2D eigenvalue weighted by atomic mass is 79.9. The van der Waals surface area contributed by atoms with Crippen molar-refractivity contribution in [2.45, 2.75) is 32.7 Å². The first-order valence-corrected chi connectivity index (χ1v) is 9.70. The van der Waals surface area contributed by atoms with E-state index in [1.54, 1.807) is 0 Å². The van der Waals surface area contributed by atoms with E-state index in [2.05, 4.69) is 82.0 Å². The quantitative estimate of drug-likeness (QED) is 0.660. The normalized spacial score (nSPS) is 22.5. The molecule has 0 radical (unpaired) electrons. The van der Waals surface area contributed by atoms with E-state index in [-0.39, 0.29) is 0 Å². The molecule has 0 saturated carbocycles. The third kappa shape index (κ3) is 3.52. The second kappa shape index (κ2) is 7.70. The van der Waals surface area contributed by atoms with Gasteiger partial charge in [-0.3, -0.25) is 0 Å². The van der Waals surface area contributed by atoms with E-state index in [1.807, 2.05) is 0 Å². The van der Waals surface area contributed by atoms with Gasteiger partial charge in [0, 0.05) is 36.9 Å². The molecule has 4 nitrogen and oxygen atoms in total. The number of likely N-dealkylation sites (N-methyl/N-ethyl adjacent to an activating group) is 1. The van der Waals surface area contributed by atoms with E-state index in [1.165, 1.54) is 17.9 Å². The van der Waals surface area contributed by atoms with Gasteiger partial charge in [0.1, 0.15) is 5.84 Å². The first kappa shape index (κ1) is 17.5. The molecule has 0 bridgehead atoms. The molecular weight excluding hydrogens is 364 g/mol. The van der Waals surface area contributed by atoms with E-state index in [0.29, 0.717) is 6.04 Å². The summed E-state index contributed by atoms with van der Waals surface area (Å²) in [6.07, 6.45) is 6.77. The maximum absolute atomic E-state index is 5.00. The second-order valence-electron chi connectivity index (χ2n) is 6.64. The van der Waals surface area contributed by atoms with E-state index in [4.69, 9.17) is 4.99 Å². The predicted octanol–water partition coefficient (Wildman–Crippen LogP) is 4.25. The molecule has 4 rings (SSSR count). The Bertz CT molecular complexity index is 632. The van der Waals surface area contributed by atoms with E-state index in [9.17, 15) is 0 Å². The molecule has 0 aliphatic carbocycles. The van der Waals surface area contributed by atoms with E-state index >= 15 is 0 Å². The maximum atomic E-state index is 5.00. The monoisotopic (exact) mass is 390 g/mol. The molecule has 0 spiro atoms. The summed E-state index contributed by atoms with van der Waals surface area (Å²) in [6, 6.07) is 6.72. The summed E-state index contributed by atoms with van der Waals surface area (Å²) in [7, 11) is 2.19. The van der Waals surface area contributed by atoms with Crippen molar-refractivity contribution >= 4 is 33.1 Å². The molecule has 0 aromatic heterocycles. The first-order chi connectivity index (χ1) is 11.6. The van der Waals surface area contributed by atoms with Gasteiger partial charge in [0.2, 0.25) is 0 Å². The number of nitrogens with zero attached hydrogens (tertiary/aromatic N) is 4. The van der Waals surface area contributed by atoms with Crippen molar-refractivity contribution in [3.8, 4) is 0 Å². The Morgan fingerprint density at radius 3 is 2.58 bits per heavy atom. The Balaban J connectivity index is 0.000000526. The molecule has 0 amide bonds. The predicted molar refractivity (Wildman–Crippen MR) is 106 cm³/mol. The molecule has 1 unspecified atom stereocenters. The molecule has 3 heterocycles. The van der Waals surface area contributed by atoms with Crippen LogP contribution in [0.15, 0.2) is 39.9 Å². The number of piperazine rings is 1. The molecule has 1 aromatic rings. The lowest BCUT2D eigenvalue weighted by Gasteiger charge is -2.41. The first-order valence-electron chi connectivity index (χ1n) is 8.90. The molecule has 1 atom stereocenters. The van der Waals surface area contributed by atoms with Gasteiger partial charge in [-0.05, 0) is 31.7 Å². The average molecular weight is 391 g/mol. The third-order valence-electron chi connectivity index (χ3n) is 4.54. The van der Waals surface area contributed by atoms with Gasteiger partial charge in [0.15, 0.2) is 0 Å². The lowest BCUT2D eigenvalue weighted by atomic mass is 10.1. The molecule has 3 aliphatic rings. The lowest BCUT2D eigenvalue weighted by molar-refractivity contribution is 0.212. The fourth-order valence-corrected chi connectivity index (χ4v) is 3.66. The molecule has 0 N–H and O–H groups in total. The smallest absolute Gasteiger partial charge is 0.128 e. The fraction of sp³-hybridized carbons (Fsp3) is 0.526. The van der Waals surface area contributed by atoms with E-state index in [0.717, 1.165) is 42.8 Å². The van der Waals surface area contributed by atoms with Crippen LogP contribution in [-0.2, 0) is 0 Å². The van der Waals surface area contributed by atoms with Gasteiger partial charge in [0.05, 0.1) is 17.4 Å². The molecule has 1 fully saturated rings. The SMILES string of the molecule is CCC.CN1CCN(C2=Nc3ccc(Br)cc3N3C=CCC23)CC1. The van der Waals surface area contributed by atoms with E-state index < -0.39 is 0 Å². The highest BCUT2D eigenvalue weighted by Gasteiger charge is 2.34. The minimum atomic E-state index is 0.371. The molecule has 130 valence electrons. The maximum Gasteiger partial charge on any atom is 0.128 e. The minimum absolute atomic E-state index is 0.371. The number of amidine groups is 1. The number of hydrogen-bond acceptors (Lipinski definition) is 4. The van der Waals surface area contributed by atoms with Gasteiger partial charge in [-0.15, -0.1) is 0 Å². The second-order valence-corrected chi connectivity index (χ2v) is 7.56. The lowest BCUT2D eigenvalue weighted by Crippen LogP contribution is -2.53. The summed E-state index contributed by atoms with van der Waals surface area (Å²) in [5.41, 5.74) is 2.29. The molecule has 1 aromatic carbocycles. The van der Waals surface area contributed by atoms with Crippen molar-refractivity contribution in [2.24, 2.45) is 4.99 Å². The van der Waals surface area contributed by atoms with Gasteiger partial charge in [-0.1, -0.05) is 42.3 Å². The topological polar surface area (TPSA) is 22.1 Å². The Hall–Kier alpha value is -1.33. The van der Waals surface area contributed by atoms with Crippen LogP contribution < -0.4 is 4.90 Å². The summed E-state index contributed by atoms with van der Waals surface area (Å²) in [6.45, 7) is 8.63. The van der Waals surface area contributed by atoms with Gasteiger partial charge < -0.3 is 14.7 Å². The third-order valence-corrected chi connectivity index (χ3v) is 5.03. The van der Waals surface area contributed by atoms with Gasteiger partial charge in [-0.2, -0.15) is 0 Å². The summed E-state index contributed by atoms with van der Waals surface area (Å²) in [5.74, 6) is 1.24. The van der Waals surface area contributed by atoms with Crippen LogP contribution in [0.25, 0.3) is 0 Å². The zero-order chi connectivity index (χ0) is 17.1. The average Bonchev–Trinajstić information content (AvgIpc) is 3.06. The molecule has 24 heavy (non-hydrogen) atoms. The molecule has 1 saturated heterocycles. The number of rotatable bonds is 0. The van der Waals surface area contributed by atoms with Crippen LogP contribution in [0, 0.1) is 0 Å². The van der Waals surface area contributed by atoms with Crippen LogP contribution in [0.1, 0.15) is 26.7 Å². The van der Waals surface area contributed by atoms with Crippen molar-refractivity contribution < 1.29 is 0 Å². The number of fused-ring (bicyclic) bond motifs is 3. The van der Waals surface area contributed by atoms with Crippen molar-refractivity contribution in [3.05, 3.63) is 34.9 Å². The number of hydrogen-bond donors (Lipinski definition) is 0. The van der Waals surface area contributed by atoms with Crippen LogP contribution in [0.4, 0.5) is 11.4 Å². The van der Waals surface area contributed by atoms with Crippen LogP contribution in [0.5, 0.6) is 0 Å². The molecular formula is C19H27BrN4. The van der Waals surface area contributed by atoms with Gasteiger partial charge in [0.25, 0.3) is 0 Å². The standard InChI is InChI=1S/C16H19BrN4.C3H8/c1-19-7-9-20(10-8-19)16-14-3-2-6-21(14)15-11-12(17)4-5-13(15)18-16;1-3-2/h2,4-6,11,14H,3,7-10H2,1H3;3H2,1-2H3. The zero-order valence-electron chi connectivity index (χ0n) is 14.9. The summed E-state index contributed by atoms with van der Waals surface area (Å²) in [4.78, 5) is 12.2. The summed E-state index contributed by atoms with van der Waals surface area (Å²) < 4.78 is 1.11. The molecule has 3 aliphatic heterocycles. The fourth-order valence-electron chi connectivity index (χ4n) is 3.31. The zero-order valence-corrected chi connectivity index (χ0v) is 16.5. The Labute approximate surface area is 154 Å². The number of halogens is 1. The number of aliphatic imine (C=N–C) groups is 1. The number of anilines is 1. The van der Waals surface area contributed by atoms with Crippen LogP contribution in [-0.4, -0.2) is 54.9 Å². The highest BCUT2D eigenvalue weighted by Crippen LogP contribution is 2.40. The van der Waals surface area contributed by atoms with Crippen LogP contribution in [0.2, 0.25) is 0 Å². The largest absolute Gasteiger partial charge is 0.356 e. The minimum Gasteiger partial charge on any atom is -0.356 e. The van der Waals surface area contributed by atoms with Crippen LogP contribution >= 0.6 is 15.9 Å². The number of benzene rings is 1. The summed E-state index contributed by atoms with van der Waals surface area (Å²) >= 11 is 3.57. The van der Waals surface area contributed by atoms with Crippen molar-refractivity contribution in [2.75, 3.05) is 38.1 Å².